The largest absolute Gasteiger partial charge is 0.355 e. The van der Waals surface area contributed by atoms with Crippen LogP contribution in [0.3, 0.4) is 0 Å². The number of nitrogens with one attached hydrogen (secondary N) is 1. The zero-order valence-corrected chi connectivity index (χ0v) is 17.3. The fraction of sp³-hybridized carbons (Fsp3) is 0.292. The maximum atomic E-state index is 13.7. The zero-order chi connectivity index (χ0) is 21.8. The Hall–Kier alpha value is -3.35. The highest BCUT2D eigenvalue weighted by Crippen LogP contribution is 2.25. The van der Waals surface area contributed by atoms with E-state index in [1.807, 2.05) is 43.3 Å². The molecule has 1 aliphatic rings. The van der Waals surface area contributed by atoms with Gasteiger partial charge in [0, 0.05) is 36.7 Å². The van der Waals surface area contributed by atoms with E-state index in [0.717, 1.165) is 22.6 Å². The third kappa shape index (κ3) is 4.71. The molecule has 0 unspecified atom stereocenters. The first-order valence-electron chi connectivity index (χ1n) is 10.4. The number of benzene rings is 2. The van der Waals surface area contributed by atoms with E-state index < -0.39 is 11.6 Å². The average Bonchev–Trinajstić information content (AvgIpc) is 2.79. The summed E-state index contributed by atoms with van der Waals surface area (Å²) in [5, 5.41) is 11.4. The van der Waals surface area contributed by atoms with Crippen molar-refractivity contribution in [3.05, 3.63) is 77.4 Å². The van der Waals surface area contributed by atoms with Gasteiger partial charge in [-0.1, -0.05) is 30.3 Å². The van der Waals surface area contributed by atoms with Crippen LogP contribution in [0.1, 0.15) is 24.0 Å². The number of carbonyl (C=O) groups is 1. The minimum atomic E-state index is -0.650. The van der Waals surface area contributed by atoms with Gasteiger partial charge in [0.05, 0.1) is 5.69 Å². The molecule has 2 heterocycles. The Morgan fingerprint density at radius 1 is 1.00 bits per heavy atom. The van der Waals surface area contributed by atoms with Crippen molar-refractivity contribution in [2.24, 2.45) is 5.92 Å². The summed E-state index contributed by atoms with van der Waals surface area (Å²) in [4.78, 5) is 14.6. The first-order chi connectivity index (χ1) is 15.0. The summed E-state index contributed by atoms with van der Waals surface area (Å²) in [5.74, 6) is -0.885. The Labute approximate surface area is 180 Å². The molecule has 0 bridgehead atoms. The maximum Gasteiger partial charge on any atom is 0.223 e. The van der Waals surface area contributed by atoms with Crippen molar-refractivity contribution in [1.82, 2.24) is 15.5 Å². The van der Waals surface area contributed by atoms with E-state index in [1.54, 1.807) is 0 Å². The van der Waals surface area contributed by atoms with E-state index in [9.17, 15) is 13.6 Å². The number of piperidine rings is 1. The third-order valence-corrected chi connectivity index (χ3v) is 5.76. The molecule has 1 fully saturated rings. The van der Waals surface area contributed by atoms with Gasteiger partial charge in [0.15, 0.2) is 5.82 Å². The van der Waals surface area contributed by atoms with Crippen molar-refractivity contribution < 1.29 is 13.6 Å². The number of anilines is 1. The maximum absolute atomic E-state index is 13.7. The number of amides is 1. The first-order valence-corrected chi connectivity index (χ1v) is 10.4. The molecule has 4 rings (SSSR count). The standard InChI is InChI=1S/C24H24F2N4O/c1-16-5-2-3-6-18(16)22-9-10-23(29-28-22)30-13-11-17(12-14-30)24(31)27-15-19-20(25)7-4-8-21(19)26/h2-10,17H,11-15H2,1H3,(H,27,31). The van der Waals surface area contributed by atoms with Gasteiger partial charge in [0.25, 0.3) is 0 Å². The van der Waals surface area contributed by atoms with Gasteiger partial charge in [0.2, 0.25) is 5.91 Å². The predicted molar refractivity (Wildman–Crippen MR) is 115 cm³/mol. The Morgan fingerprint density at radius 2 is 1.71 bits per heavy atom. The van der Waals surface area contributed by atoms with Crippen molar-refractivity contribution in [2.75, 3.05) is 18.0 Å². The molecular weight excluding hydrogens is 398 g/mol. The fourth-order valence-electron chi connectivity index (χ4n) is 3.89. The number of carbonyl (C=O) groups excluding carboxylic acids is 1. The molecule has 1 aromatic heterocycles. The van der Waals surface area contributed by atoms with Crippen LogP contribution in [0, 0.1) is 24.5 Å². The first kappa shape index (κ1) is 20.9. The number of hydrogen-bond donors (Lipinski definition) is 1. The summed E-state index contributed by atoms with van der Waals surface area (Å²) in [6, 6.07) is 15.6. The van der Waals surface area contributed by atoms with Gasteiger partial charge in [0.1, 0.15) is 11.6 Å². The molecule has 0 saturated carbocycles. The summed E-state index contributed by atoms with van der Waals surface area (Å²) >= 11 is 0. The van der Waals surface area contributed by atoms with Crippen LogP contribution in [0.15, 0.2) is 54.6 Å². The van der Waals surface area contributed by atoms with Crippen LogP contribution in [0.2, 0.25) is 0 Å². The lowest BCUT2D eigenvalue weighted by Gasteiger charge is -2.31. The highest BCUT2D eigenvalue weighted by atomic mass is 19.1. The lowest BCUT2D eigenvalue weighted by Crippen LogP contribution is -2.40. The van der Waals surface area contributed by atoms with E-state index in [2.05, 4.69) is 20.4 Å². The van der Waals surface area contributed by atoms with E-state index >= 15 is 0 Å². The summed E-state index contributed by atoms with van der Waals surface area (Å²) in [6.45, 7) is 3.24. The van der Waals surface area contributed by atoms with Crippen LogP contribution < -0.4 is 10.2 Å². The fourth-order valence-corrected chi connectivity index (χ4v) is 3.89. The Bertz CT molecular complexity index is 1040. The Balaban J connectivity index is 1.32. The SMILES string of the molecule is Cc1ccccc1-c1ccc(N2CCC(C(=O)NCc3c(F)cccc3F)CC2)nn1. The van der Waals surface area contributed by atoms with E-state index in [-0.39, 0.29) is 23.9 Å². The van der Waals surface area contributed by atoms with Gasteiger partial charge in [-0.2, -0.15) is 0 Å². The lowest BCUT2D eigenvalue weighted by molar-refractivity contribution is -0.125. The smallest absolute Gasteiger partial charge is 0.223 e. The normalized spacial score (nSPS) is 14.5. The van der Waals surface area contributed by atoms with E-state index in [0.29, 0.717) is 25.9 Å². The van der Waals surface area contributed by atoms with Crippen molar-refractivity contribution in [1.29, 1.82) is 0 Å². The monoisotopic (exact) mass is 422 g/mol. The van der Waals surface area contributed by atoms with E-state index in [4.69, 9.17) is 0 Å². The Kier molecular flexibility index (Phi) is 6.21. The van der Waals surface area contributed by atoms with Crippen LogP contribution in [0.5, 0.6) is 0 Å². The average molecular weight is 422 g/mol. The molecule has 0 radical (unpaired) electrons. The zero-order valence-electron chi connectivity index (χ0n) is 17.3. The summed E-state index contributed by atoms with van der Waals surface area (Å²) in [7, 11) is 0. The second-order valence-corrected chi connectivity index (χ2v) is 7.77. The Morgan fingerprint density at radius 3 is 2.35 bits per heavy atom. The number of aryl methyl sites for hydroxylation is 1. The van der Waals surface area contributed by atoms with Crippen LogP contribution >= 0.6 is 0 Å². The van der Waals surface area contributed by atoms with Crippen molar-refractivity contribution in [3.8, 4) is 11.3 Å². The number of halogens is 2. The van der Waals surface area contributed by atoms with Crippen LogP contribution in [-0.4, -0.2) is 29.2 Å². The van der Waals surface area contributed by atoms with Gasteiger partial charge in [-0.15, -0.1) is 10.2 Å². The molecule has 1 N–H and O–H groups in total. The number of hydrogen-bond acceptors (Lipinski definition) is 4. The van der Waals surface area contributed by atoms with Crippen molar-refractivity contribution in [3.63, 3.8) is 0 Å². The molecule has 2 aromatic carbocycles. The van der Waals surface area contributed by atoms with Gasteiger partial charge >= 0.3 is 0 Å². The molecule has 1 amide bonds. The molecule has 160 valence electrons. The minimum absolute atomic E-state index is 0.114. The molecule has 31 heavy (non-hydrogen) atoms. The number of rotatable bonds is 5. The second kappa shape index (κ2) is 9.20. The van der Waals surface area contributed by atoms with Crippen LogP contribution in [0.4, 0.5) is 14.6 Å². The van der Waals surface area contributed by atoms with Crippen LogP contribution in [-0.2, 0) is 11.3 Å². The van der Waals surface area contributed by atoms with Gasteiger partial charge in [-0.05, 0) is 49.6 Å². The number of aromatic nitrogens is 2. The molecule has 0 atom stereocenters. The highest BCUT2D eigenvalue weighted by Gasteiger charge is 2.26. The number of nitrogens with zero attached hydrogens (tertiary/aromatic N) is 3. The van der Waals surface area contributed by atoms with E-state index in [1.165, 1.54) is 18.2 Å². The van der Waals surface area contributed by atoms with Crippen molar-refractivity contribution in [2.45, 2.75) is 26.3 Å². The summed E-state index contributed by atoms with van der Waals surface area (Å²) in [6.07, 6.45) is 1.29. The minimum Gasteiger partial charge on any atom is -0.355 e. The second-order valence-electron chi connectivity index (χ2n) is 7.77. The molecule has 7 heteroatoms. The van der Waals surface area contributed by atoms with Gasteiger partial charge in [-0.3, -0.25) is 4.79 Å². The van der Waals surface area contributed by atoms with Gasteiger partial charge < -0.3 is 10.2 Å². The molecule has 0 spiro atoms. The molecule has 5 nitrogen and oxygen atoms in total. The molecular formula is C24H24F2N4O. The predicted octanol–water partition coefficient (Wildman–Crippen LogP) is 4.26. The molecule has 3 aromatic rings. The molecule has 0 aliphatic carbocycles. The van der Waals surface area contributed by atoms with Crippen LogP contribution in [0.25, 0.3) is 11.3 Å². The quantitative estimate of drug-likeness (QED) is 0.667. The topological polar surface area (TPSA) is 58.1 Å². The van der Waals surface area contributed by atoms with Crippen molar-refractivity contribution >= 4 is 11.7 Å². The molecule has 1 saturated heterocycles. The molecule has 1 aliphatic heterocycles. The summed E-state index contributed by atoms with van der Waals surface area (Å²) in [5.41, 5.74) is 2.92. The van der Waals surface area contributed by atoms with Gasteiger partial charge in [-0.25, -0.2) is 8.78 Å². The highest BCUT2D eigenvalue weighted by molar-refractivity contribution is 5.79. The summed E-state index contributed by atoms with van der Waals surface area (Å²) < 4.78 is 27.5. The lowest BCUT2D eigenvalue weighted by atomic mass is 9.95. The third-order valence-electron chi connectivity index (χ3n) is 5.76.